The summed E-state index contributed by atoms with van der Waals surface area (Å²) in [6, 6.07) is 7.46. The van der Waals surface area contributed by atoms with Crippen LogP contribution in [0.4, 0.5) is 0 Å². The van der Waals surface area contributed by atoms with Crippen molar-refractivity contribution >= 4 is 5.97 Å². The highest BCUT2D eigenvalue weighted by atomic mass is 16.7. The molecule has 4 rings (SSSR count). The SMILES string of the molecule is O=C1Oc2ccccc2C2OCCC3(OCCO3)C12. The Bertz CT molecular complexity index is 520. The number of ether oxygens (including phenoxy) is 4. The van der Waals surface area contributed by atoms with Gasteiger partial charge in [-0.25, -0.2) is 0 Å². The van der Waals surface area contributed by atoms with Crippen molar-refractivity contribution in [3.05, 3.63) is 29.8 Å². The van der Waals surface area contributed by atoms with Crippen LogP contribution in [0.5, 0.6) is 5.75 Å². The summed E-state index contributed by atoms with van der Waals surface area (Å²) in [4.78, 5) is 12.3. The molecule has 19 heavy (non-hydrogen) atoms. The van der Waals surface area contributed by atoms with Crippen molar-refractivity contribution in [3.8, 4) is 5.75 Å². The smallest absolute Gasteiger partial charge is 0.322 e. The van der Waals surface area contributed by atoms with Crippen molar-refractivity contribution in [1.29, 1.82) is 0 Å². The van der Waals surface area contributed by atoms with Crippen LogP contribution in [0.2, 0.25) is 0 Å². The molecule has 0 radical (unpaired) electrons. The molecule has 0 aliphatic carbocycles. The van der Waals surface area contributed by atoms with Crippen LogP contribution in [0.1, 0.15) is 18.1 Å². The maximum atomic E-state index is 12.3. The second-order valence-electron chi connectivity index (χ2n) is 4.99. The van der Waals surface area contributed by atoms with E-state index in [0.717, 1.165) is 5.56 Å². The minimum Gasteiger partial charge on any atom is -0.426 e. The van der Waals surface area contributed by atoms with E-state index in [-0.39, 0.29) is 12.1 Å². The van der Waals surface area contributed by atoms with Gasteiger partial charge in [0.25, 0.3) is 0 Å². The van der Waals surface area contributed by atoms with E-state index >= 15 is 0 Å². The third-order valence-electron chi connectivity index (χ3n) is 3.99. The molecule has 2 saturated heterocycles. The Labute approximate surface area is 110 Å². The van der Waals surface area contributed by atoms with Crippen molar-refractivity contribution in [1.82, 2.24) is 0 Å². The number of rotatable bonds is 0. The lowest BCUT2D eigenvalue weighted by Gasteiger charge is -2.44. The van der Waals surface area contributed by atoms with E-state index in [1.54, 1.807) is 6.07 Å². The van der Waals surface area contributed by atoms with Crippen molar-refractivity contribution < 1.29 is 23.7 Å². The van der Waals surface area contributed by atoms with Crippen LogP contribution in [0.25, 0.3) is 0 Å². The van der Waals surface area contributed by atoms with Gasteiger partial charge in [-0.3, -0.25) is 4.79 Å². The van der Waals surface area contributed by atoms with E-state index in [2.05, 4.69) is 0 Å². The Morgan fingerprint density at radius 1 is 1.11 bits per heavy atom. The van der Waals surface area contributed by atoms with Gasteiger partial charge in [-0.1, -0.05) is 18.2 Å². The van der Waals surface area contributed by atoms with Gasteiger partial charge in [-0.15, -0.1) is 0 Å². The number of hydrogen-bond acceptors (Lipinski definition) is 5. The van der Waals surface area contributed by atoms with E-state index in [1.807, 2.05) is 18.2 Å². The topological polar surface area (TPSA) is 54.0 Å². The molecule has 3 aliphatic rings. The van der Waals surface area contributed by atoms with Crippen LogP contribution in [0, 0.1) is 5.92 Å². The molecule has 2 unspecified atom stereocenters. The zero-order chi connectivity index (χ0) is 12.9. The molecule has 3 heterocycles. The van der Waals surface area contributed by atoms with Gasteiger partial charge in [0.1, 0.15) is 17.8 Å². The number of benzene rings is 1. The predicted molar refractivity (Wildman–Crippen MR) is 63.5 cm³/mol. The van der Waals surface area contributed by atoms with Crippen LogP contribution >= 0.6 is 0 Å². The Morgan fingerprint density at radius 2 is 1.89 bits per heavy atom. The van der Waals surface area contributed by atoms with Crippen LogP contribution < -0.4 is 4.74 Å². The number of hydrogen-bond donors (Lipinski definition) is 0. The Hall–Kier alpha value is -1.43. The quantitative estimate of drug-likeness (QED) is 0.523. The Kier molecular flexibility index (Phi) is 2.42. The molecule has 0 bridgehead atoms. The van der Waals surface area contributed by atoms with Crippen LogP contribution in [-0.2, 0) is 19.0 Å². The highest BCUT2D eigenvalue weighted by Gasteiger charge is 2.58. The molecule has 1 aromatic carbocycles. The van der Waals surface area contributed by atoms with Crippen LogP contribution in [0.3, 0.4) is 0 Å². The fourth-order valence-corrected chi connectivity index (χ4v) is 3.16. The van der Waals surface area contributed by atoms with Gasteiger partial charge in [0.15, 0.2) is 5.79 Å². The lowest BCUT2D eigenvalue weighted by Crippen LogP contribution is -2.54. The van der Waals surface area contributed by atoms with Gasteiger partial charge in [0.2, 0.25) is 0 Å². The molecule has 5 heteroatoms. The van der Waals surface area contributed by atoms with E-state index in [0.29, 0.717) is 32.0 Å². The normalized spacial score (nSPS) is 31.7. The molecule has 0 aromatic heterocycles. The Balaban J connectivity index is 1.81. The molecule has 1 aromatic rings. The molecule has 1 spiro atoms. The molecular weight excluding hydrogens is 248 g/mol. The molecule has 0 amide bonds. The molecule has 2 fully saturated rings. The number of carbonyl (C=O) groups is 1. The summed E-state index contributed by atoms with van der Waals surface area (Å²) in [7, 11) is 0. The number of fused-ring (bicyclic) bond motifs is 4. The van der Waals surface area contributed by atoms with Gasteiger partial charge in [-0.2, -0.15) is 0 Å². The fourth-order valence-electron chi connectivity index (χ4n) is 3.16. The zero-order valence-electron chi connectivity index (χ0n) is 10.3. The first kappa shape index (κ1) is 11.4. The molecular formula is C14H14O5. The maximum Gasteiger partial charge on any atom is 0.322 e. The fraction of sp³-hybridized carbons (Fsp3) is 0.500. The van der Waals surface area contributed by atoms with Gasteiger partial charge in [0, 0.05) is 12.0 Å². The van der Waals surface area contributed by atoms with Crippen molar-refractivity contribution in [3.63, 3.8) is 0 Å². The summed E-state index contributed by atoms with van der Waals surface area (Å²) in [6.45, 7) is 1.54. The van der Waals surface area contributed by atoms with Crippen LogP contribution in [0.15, 0.2) is 24.3 Å². The number of carbonyl (C=O) groups excluding carboxylic acids is 1. The first-order chi connectivity index (χ1) is 9.30. The first-order valence-electron chi connectivity index (χ1n) is 6.50. The molecule has 5 nitrogen and oxygen atoms in total. The third kappa shape index (κ3) is 1.55. The van der Waals surface area contributed by atoms with Gasteiger partial charge < -0.3 is 18.9 Å². The van der Waals surface area contributed by atoms with E-state index in [4.69, 9.17) is 18.9 Å². The highest BCUT2D eigenvalue weighted by molar-refractivity contribution is 5.80. The van der Waals surface area contributed by atoms with Gasteiger partial charge >= 0.3 is 5.97 Å². The summed E-state index contributed by atoms with van der Waals surface area (Å²) >= 11 is 0. The van der Waals surface area contributed by atoms with Gasteiger partial charge in [0.05, 0.1) is 19.8 Å². The number of esters is 1. The van der Waals surface area contributed by atoms with E-state index in [9.17, 15) is 4.79 Å². The standard InChI is InChI=1S/C14H14O5/c15-13-11-12(9-3-1-2-4-10(9)19-13)16-6-5-14(11)17-7-8-18-14/h1-4,11-12H,5-8H2. The summed E-state index contributed by atoms with van der Waals surface area (Å²) in [5.41, 5.74) is 0.894. The molecule has 3 aliphatic heterocycles. The lowest BCUT2D eigenvalue weighted by atomic mass is 9.82. The molecule has 100 valence electrons. The number of para-hydroxylation sites is 1. The minimum absolute atomic E-state index is 0.328. The monoisotopic (exact) mass is 262 g/mol. The second kappa shape index (κ2) is 4.03. The summed E-state index contributed by atoms with van der Waals surface area (Å²) in [5.74, 6) is -1.17. The lowest BCUT2D eigenvalue weighted by molar-refractivity contribution is -0.263. The Morgan fingerprint density at radius 3 is 2.74 bits per heavy atom. The molecule has 0 saturated carbocycles. The first-order valence-corrected chi connectivity index (χ1v) is 6.50. The largest absolute Gasteiger partial charge is 0.426 e. The predicted octanol–water partition coefficient (Wildman–Crippen LogP) is 1.43. The minimum atomic E-state index is -0.868. The highest BCUT2D eigenvalue weighted by Crippen LogP contribution is 2.49. The molecule has 0 N–H and O–H groups in total. The average Bonchev–Trinajstić information content (AvgIpc) is 2.88. The third-order valence-corrected chi connectivity index (χ3v) is 3.99. The summed E-state index contributed by atoms with van der Waals surface area (Å²) in [6.07, 6.45) is 0.218. The second-order valence-corrected chi connectivity index (χ2v) is 4.99. The van der Waals surface area contributed by atoms with E-state index in [1.165, 1.54) is 0 Å². The van der Waals surface area contributed by atoms with E-state index < -0.39 is 11.7 Å². The van der Waals surface area contributed by atoms with Crippen molar-refractivity contribution in [2.75, 3.05) is 19.8 Å². The average molecular weight is 262 g/mol. The van der Waals surface area contributed by atoms with Crippen molar-refractivity contribution in [2.45, 2.75) is 18.3 Å². The zero-order valence-corrected chi connectivity index (χ0v) is 10.3. The summed E-state index contributed by atoms with van der Waals surface area (Å²) in [5, 5.41) is 0. The maximum absolute atomic E-state index is 12.3. The van der Waals surface area contributed by atoms with Crippen LogP contribution in [-0.4, -0.2) is 31.6 Å². The van der Waals surface area contributed by atoms with Gasteiger partial charge in [-0.05, 0) is 6.07 Å². The summed E-state index contributed by atoms with van der Waals surface area (Å²) < 4.78 is 22.7. The molecule has 2 atom stereocenters. The van der Waals surface area contributed by atoms with Crippen molar-refractivity contribution in [2.24, 2.45) is 5.92 Å².